The van der Waals surface area contributed by atoms with E-state index in [4.69, 9.17) is 10.8 Å². The second-order valence-corrected chi connectivity index (χ2v) is 15.7. The van der Waals surface area contributed by atoms with E-state index in [1.54, 1.807) is 0 Å². The molecule has 78 valence electrons. The Labute approximate surface area is 87.0 Å². The Morgan fingerprint density at radius 3 is 2.14 bits per heavy atom. The van der Waals surface area contributed by atoms with Gasteiger partial charge in [0.15, 0.2) is 0 Å². The van der Waals surface area contributed by atoms with Crippen molar-refractivity contribution in [2.75, 3.05) is 0 Å². The molecule has 0 aromatic rings. The lowest BCUT2D eigenvalue weighted by molar-refractivity contribution is 0.612. The third-order valence-corrected chi connectivity index (χ3v) is 10.8. The van der Waals surface area contributed by atoms with Crippen LogP contribution in [0, 0.1) is 11.5 Å². The Morgan fingerprint density at radius 1 is 1.36 bits per heavy atom. The molecule has 0 heterocycles. The molecule has 0 aliphatic heterocycles. The standard InChI is InChI=1S/C7H17N5Si2/c1-13(2,3)7-14(4,5)12(6-8)11-10-9/h7H2,1-5H3. The zero-order valence-electron chi connectivity index (χ0n) is 9.44. The first kappa shape index (κ1) is 13.0. The predicted octanol–water partition coefficient (Wildman–Crippen LogP) is 3.08. The maximum absolute atomic E-state index is 8.85. The fourth-order valence-corrected chi connectivity index (χ4v) is 13.2. The van der Waals surface area contributed by atoms with Crippen molar-refractivity contribution in [3.63, 3.8) is 0 Å². The Bertz CT molecular complexity index is 281. The molecule has 0 unspecified atom stereocenters. The van der Waals surface area contributed by atoms with Crippen LogP contribution in [-0.2, 0) is 0 Å². The minimum atomic E-state index is -1.88. The highest BCUT2D eigenvalue weighted by Crippen LogP contribution is 2.22. The highest BCUT2D eigenvalue weighted by Gasteiger charge is 2.39. The average molecular weight is 227 g/mol. The lowest BCUT2D eigenvalue weighted by atomic mass is 11.4. The molecule has 7 heteroatoms. The maximum Gasteiger partial charge on any atom is 0.278 e. The minimum absolute atomic E-state index is 1.05. The molecule has 0 aromatic heterocycles. The lowest BCUT2D eigenvalue weighted by Gasteiger charge is -2.28. The van der Waals surface area contributed by atoms with E-state index in [0.29, 0.717) is 0 Å². The van der Waals surface area contributed by atoms with Gasteiger partial charge in [-0.2, -0.15) is 9.59 Å². The van der Waals surface area contributed by atoms with Crippen molar-refractivity contribution in [1.82, 2.24) is 4.67 Å². The number of rotatable bonds is 4. The van der Waals surface area contributed by atoms with Gasteiger partial charge < -0.3 is 0 Å². The number of nitrogens with zero attached hydrogens (tertiary/aromatic N) is 5. The fraction of sp³-hybridized carbons (Fsp3) is 0.857. The van der Waals surface area contributed by atoms with Gasteiger partial charge in [-0.1, -0.05) is 19.6 Å². The summed E-state index contributed by atoms with van der Waals surface area (Å²) in [5.74, 6) is 0. The first-order chi connectivity index (χ1) is 6.23. The molecule has 0 saturated carbocycles. The summed E-state index contributed by atoms with van der Waals surface area (Å²) < 4.78 is 1.28. The van der Waals surface area contributed by atoms with Crippen LogP contribution in [0.25, 0.3) is 10.4 Å². The molecular formula is C7H17N5Si2. The molecule has 0 aliphatic carbocycles. The van der Waals surface area contributed by atoms with Crippen molar-refractivity contribution in [2.24, 2.45) is 5.22 Å². The van der Waals surface area contributed by atoms with Gasteiger partial charge >= 0.3 is 0 Å². The van der Waals surface area contributed by atoms with E-state index < -0.39 is 16.3 Å². The largest absolute Gasteiger partial charge is 0.278 e. The Balaban J connectivity index is 4.76. The summed E-state index contributed by atoms with van der Waals surface area (Å²) >= 11 is 0. The summed E-state index contributed by atoms with van der Waals surface area (Å²) in [7, 11) is -3.09. The number of hydrogen-bond donors (Lipinski definition) is 0. The van der Waals surface area contributed by atoms with Gasteiger partial charge in [0.2, 0.25) is 0 Å². The molecule has 5 nitrogen and oxygen atoms in total. The molecular weight excluding hydrogens is 210 g/mol. The number of azide groups is 1. The summed E-state index contributed by atoms with van der Waals surface area (Å²) in [5, 5.41) is 12.3. The SMILES string of the molecule is C[Si](C)(C)C[Si](C)(C)N(C#N)N=[N+]=[N-]. The van der Waals surface area contributed by atoms with Crippen LogP contribution in [0.15, 0.2) is 5.22 Å². The van der Waals surface area contributed by atoms with Crippen LogP contribution in [0.5, 0.6) is 0 Å². The van der Waals surface area contributed by atoms with Crippen molar-refractivity contribution in [2.45, 2.75) is 38.4 Å². The van der Waals surface area contributed by atoms with Crippen LogP contribution >= 0.6 is 0 Å². The van der Waals surface area contributed by atoms with Crippen LogP contribution in [0.2, 0.25) is 38.4 Å². The van der Waals surface area contributed by atoms with Crippen molar-refractivity contribution in [1.29, 1.82) is 5.26 Å². The minimum Gasteiger partial charge on any atom is -0.199 e. The molecule has 0 bridgehead atoms. The maximum atomic E-state index is 8.85. The molecule has 0 atom stereocenters. The van der Waals surface area contributed by atoms with Gasteiger partial charge in [0, 0.05) is 8.07 Å². The second kappa shape index (κ2) is 4.50. The first-order valence-corrected chi connectivity index (χ1v) is 11.3. The summed E-state index contributed by atoms with van der Waals surface area (Å²) in [4.78, 5) is 2.68. The third kappa shape index (κ3) is 4.32. The van der Waals surface area contributed by atoms with Gasteiger partial charge in [0.05, 0.1) is 0 Å². The molecule has 0 aromatic carbocycles. The first-order valence-electron chi connectivity index (χ1n) is 4.48. The fourth-order valence-electron chi connectivity index (χ4n) is 1.69. The van der Waals surface area contributed by atoms with E-state index in [2.05, 4.69) is 42.9 Å². The molecule has 0 radical (unpaired) electrons. The van der Waals surface area contributed by atoms with Crippen molar-refractivity contribution >= 4 is 16.3 Å². The molecule has 0 rings (SSSR count). The molecule has 0 fully saturated rings. The average Bonchev–Trinajstić information content (AvgIpc) is 1.94. The van der Waals surface area contributed by atoms with Crippen molar-refractivity contribution < 1.29 is 0 Å². The second-order valence-electron chi connectivity index (χ2n) is 5.14. The lowest BCUT2D eigenvalue weighted by Crippen LogP contribution is -2.47. The number of nitriles is 1. The van der Waals surface area contributed by atoms with Gasteiger partial charge in [-0.3, -0.25) is 0 Å². The molecule has 14 heavy (non-hydrogen) atoms. The highest BCUT2D eigenvalue weighted by atomic mass is 28.4. The van der Waals surface area contributed by atoms with E-state index >= 15 is 0 Å². The Hall–Kier alpha value is -0.966. The van der Waals surface area contributed by atoms with E-state index in [0.717, 1.165) is 5.67 Å². The van der Waals surface area contributed by atoms with Crippen LogP contribution in [0.3, 0.4) is 0 Å². The van der Waals surface area contributed by atoms with Gasteiger partial charge in [0.1, 0.15) is 0 Å². The summed E-state index contributed by atoms with van der Waals surface area (Å²) in [6.45, 7) is 10.9. The summed E-state index contributed by atoms with van der Waals surface area (Å²) in [5.41, 5.74) is 9.38. The third-order valence-electron chi connectivity index (χ3n) is 1.76. The molecule has 0 spiro atoms. The molecule has 0 amide bonds. The van der Waals surface area contributed by atoms with E-state index in [1.807, 2.05) is 6.19 Å². The summed E-state index contributed by atoms with van der Waals surface area (Å²) in [6.07, 6.45) is 1.96. The van der Waals surface area contributed by atoms with Crippen LogP contribution in [0.4, 0.5) is 0 Å². The smallest absolute Gasteiger partial charge is 0.199 e. The van der Waals surface area contributed by atoms with Gasteiger partial charge in [-0.25, -0.2) is 0 Å². The van der Waals surface area contributed by atoms with Crippen LogP contribution in [-0.4, -0.2) is 21.0 Å². The zero-order valence-corrected chi connectivity index (χ0v) is 11.4. The summed E-state index contributed by atoms with van der Waals surface area (Å²) in [6, 6.07) is 0. The zero-order chi connectivity index (χ0) is 11.4. The van der Waals surface area contributed by atoms with Crippen LogP contribution in [0.1, 0.15) is 0 Å². The Morgan fingerprint density at radius 2 is 1.86 bits per heavy atom. The van der Waals surface area contributed by atoms with Gasteiger partial charge in [-0.05, 0) is 24.0 Å². The highest BCUT2D eigenvalue weighted by molar-refractivity contribution is 6.93. The van der Waals surface area contributed by atoms with Gasteiger partial charge in [0.25, 0.3) is 14.4 Å². The monoisotopic (exact) mass is 227 g/mol. The van der Waals surface area contributed by atoms with Crippen molar-refractivity contribution in [3.8, 4) is 6.19 Å². The molecule has 0 saturated heterocycles. The molecule has 0 N–H and O–H groups in total. The van der Waals surface area contributed by atoms with Gasteiger partial charge in [-0.15, -0.1) is 10.8 Å². The normalized spacial score (nSPS) is 11.4. The quantitative estimate of drug-likeness (QED) is 0.141. The number of hydrogen-bond acceptors (Lipinski definition) is 2. The van der Waals surface area contributed by atoms with E-state index in [9.17, 15) is 0 Å². The topological polar surface area (TPSA) is 75.8 Å². The van der Waals surface area contributed by atoms with Crippen LogP contribution < -0.4 is 0 Å². The molecule has 0 aliphatic rings. The predicted molar refractivity (Wildman–Crippen MR) is 62.2 cm³/mol. The van der Waals surface area contributed by atoms with E-state index in [1.165, 1.54) is 4.67 Å². The Kier molecular flexibility index (Phi) is 4.19. The van der Waals surface area contributed by atoms with E-state index in [-0.39, 0.29) is 0 Å². The van der Waals surface area contributed by atoms with Crippen molar-refractivity contribution in [3.05, 3.63) is 10.4 Å².